The molecule has 1 aliphatic carbocycles. The van der Waals surface area contributed by atoms with Gasteiger partial charge in [-0.05, 0) is 12.3 Å². The molecule has 0 heterocycles. The lowest BCUT2D eigenvalue weighted by atomic mass is 9.95. The van der Waals surface area contributed by atoms with E-state index in [2.05, 4.69) is 9.47 Å². The third-order valence-corrected chi connectivity index (χ3v) is 3.55. The molecule has 1 rings (SSSR count). The van der Waals surface area contributed by atoms with E-state index in [9.17, 15) is 9.59 Å². The van der Waals surface area contributed by atoms with Crippen LogP contribution in [0.1, 0.15) is 44.9 Å². The number of esters is 2. The van der Waals surface area contributed by atoms with Crippen LogP contribution >= 0.6 is 0 Å². The fourth-order valence-electron chi connectivity index (χ4n) is 2.53. The molecule has 0 bridgehead atoms. The Kier molecular flexibility index (Phi) is 6.01. The molecule has 17 heavy (non-hydrogen) atoms. The molecule has 0 aromatic heterocycles. The molecule has 98 valence electrons. The van der Waals surface area contributed by atoms with Crippen LogP contribution in [0, 0.1) is 11.8 Å². The van der Waals surface area contributed by atoms with Gasteiger partial charge in [-0.2, -0.15) is 0 Å². The summed E-state index contributed by atoms with van der Waals surface area (Å²) < 4.78 is 9.24. The maximum atomic E-state index is 11.4. The van der Waals surface area contributed by atoms with E-state index in [1.54, 1.807) is 0 Å². The Bertz CT molecular complexity index is 240. The van der Waals surface area contributed by atoms with E-state index in [-0.39, 0.29) is 0 Å². The van der Waals surface area contributed by atoms with Crippen molar-refractivity contribution >= 4 is 11.9 Å². The van der Waals surface area contributed by atoms with Gasteiger partial charge in [-0.1, -0.05) is 38.5 Å². The van der Waals surface area contributed by atoms with Crippen LogP contribution in [-0.2, 0) is 19.1 Å². The smallest absolute Gasteiger partial charge is 0.320 e. The van der Waals surface area contributed by atoms with E-state index in [4.69, 9.17) is 0 Å². The van der Waals surface area contributed by atoms with Gasteiger partial charge in [0.05, 0.1) is 14.2 Å². The van der Waals surface area contributed by atoms with Gasteiger partial charge in [0.15, 0.2) is 5.92 Å². The lowest BCUT2D eigenvalue weighted by molar-refractivity contribution is -0.159. The first-order valence-corrected chi connectivity index (χ1v) is 6.34. The summed E-state index contributed by atoms with van der Waals surface area (Å²) in [5.41, 5.74) is 0. The molecule has 4 nitrogen and oxygen atoms in total. The van der Waals surface area contributed by atoms with Crippen LogP contribution in [0.15, 0.2) is 0 Å². The monoisotopic (exact) mass is 242 g/mol. The molecule has 0 radical (unpaired) electrons. The van der Waals surface area contributed by atoms with E-state index < -0.39 is 17.9 Å². The highest BCUT2D eigenvalue weighted by molar-refractivity contribution is 5.94. The van der Waals surface area contributed by atoms with E-state index in [0.717, 1.165) is 18.8 Å². The number of hydrogen-bond acceptors (Lipinski definition) is 4. The standard InChI is InChI=1S/C13H22O4/c1-16-12(14)11(13(15)17-2)9-5-8-10-6-3-4-7-10/h10-11H,3-9H2,1-2H3. The summed E-state index contributed by atoms with van der Waals surface area (Å²) in [5, 5.41) is 0. The molecule has 0 spiro atoms. The van der Waals surface area contributed by atoms with Crippen molar-refractivity contribution in [2.75, 3.05) is 14.2 Å². The van der Waals surface area contributed by atoms with Gasteiger partial charge in [0.25, 0.3) is 0 Å². The maximum absolute atomic E-state index is 11.4. The molecular weight excluding hydrogens is 220 g/mol. The molecule has 0 unspecified atom stereocenters. The molecule has 0 N–H and O–H groups in total. The van der Waals surface area contributed by atoms with E-state index >= 15 is 0 Å². The van der Waals surface area contributed by atoms with Crippen molar-refractivity contribution in [1.82, 2.24) is 0 Å². The molecule has 0 amide bonds. The largest absolute Gasteiger partial charge is 0.468 e. The van der Waals surface area contributed by atoms with Gasteiger partial charge in [-0.15, -0.1) is 0 Å². The SMILES string of the molecule is COC(=O)C(CCCC1CCCC1)C(=O)OC. The first kappa shape index (κ1) is 14.0. The lowest BCUT2D eigenvalue weighted by Gasteiger charge is -2.13. The number of methoxy groups -OCH3 is 2. The molecule has 1 fully saturated rings. The molecule has 0 aromatic rings. The van der Waals surface area contributed by atoms with Crippen molar-refractivity contribution in [1.29, 1.82) is 0 Å². The first-order chi connectivity index (χ1) is 8.19. The zero-order valence-corrected chi connectivity index (χ0v) is 10.7. The van der Waals surface area contributed by atoms with Crippen LogP contribution in [0.2, 0.25) is 0 Å². The third kappa shape index (κ3) is 4.36. The summed E-state index contributed by atoms with van der Waals surface area (Å²) in [7, 11) is 2.60. The van der Waals surface area contributed by atoms with Gasteiger partial charge in [0.2, 0.25) is 0 Å². The van der Waals surface area contributed by atoms with Crippen LogP contribution in [-0.4, -0.2) is 26.2 Å². The Hall–Kier alpha value is -1.06. The number of carbonyl (C=O) groups is 2. The number of ether oxygens (including phenoxy) is 2. The summed E-state index contributed by atoms with van der Waals surface area (Å²) in [6.45, 7) is 0. The van der Waals surface area contributed by atoms with Crippen LogP contribution in [0.25, 0.3) is 0 Å². The molecule has 1 saturated carbocycles. The molecule has 0 aliphatic heterocycles. The summed E-state index contributed by atoms with van der Waals surface area (Å²) in [6.07, 6.45) is 7.76. The van der Waals surface area contributed by atoms with Crippen LogP contribution < -0.4 is 0 Å². The normalized spacial score (nSPS) is 16.2. The molecular formula is C13H22O4. The zero-order valence-electron chi connectivity index (χ0n) is 10.7. The quantitative estimate of drug-likeness (QED) is 0.530. The lowest BCUT2D eigenvalue weighted by Crippen LogP contribution is -2.26. The Morgan fingerprint density at radius 1 is 1.12 bits per heavy atom. The highest BCUT2D eigenvalue weighted by Gasteiger charge is 2.28. The second-order valence-corrected chi connectivity index (χ2v) is 4.68. The topological polar surface area (TPSA) is 52.6 Å². The van der Waals surface area contributed by atoms with Crippen molar-refractivity contribution in [2.45, 2.75) is 44.9 Å². The molecule has 0 saturated heterocycles. The van der Waals surface area contributed by atoms with Crippen molar-refractivity contribution in [3.8, 4) is 0 Å². The predicted octanol–water partition coefficient (Wildman–Crippen LogP) is 2.31. The Labute approximate surface area is 103 Å². The minimum Gasteiger partial charge on any atom is -0.468 e. The Morgan fingerprint density at radius 2 is 1.65 bits per heavy atom. The molecule has 4 heteroatoms. The van der Waals surface area contributed by atoms with Gasteiger partial charge < -0.3 is 9.47 Å². The molecule has 0 aromatic carbocycles. The zero-order chi connectivity index (χ0) is 12.7. The second-order valence-electron chi connectivity index (χ2n) is 4.68. The highest BCUT2D eigenvalue weighted by atomic mass is 16.5. The fourth-order valence-corrected chi connectivity index (χ4v) is 2.53. The van der Waals surface area contributed by atoms with Crippen molar-refractivity contribution in [3.63, 3.8) is 0 Å². The van der Waals surface area contributed by atoms with Crippen molar-refractivity contribution in [2.24, 2.45) is 11.8 Å². The van der Waals surface area contributed by atoms with Crippen LogP contribution in [0.3, 0.4) is 0 Å². The fraction of sp³-hybridized carbons (Fsp3) is 0.846. The second kappa shape index (κ2) is 7.30. The average molecular weight is 242 g/mol. The number of carbonyl (C=O) groups excluding carboxylic acids is 2. The van der Waals surface area contributed by atoms with E-state index in [1.807, 2.05) is 0 Å². The van der Waals surface area contributed by atoms with Gasteiger partial charge >= 0.3 is 11.9 Å². The number of rotatable bonds is 6. The van der Waals surface area contributed by atoms with Gasteiger partial charge in [-0.3, -0.25) is 9.59 Å². The molecule has 0 atom stereocenters. The van der Waals surface area contributed by atoms with Crippen LogP contribution in [0.4, 0.5) is 0 Å². The third-order valence-electron chi connectivity index (χ3n) is 3.55. The maximum Gasteiger partial charge on any atom is 0.320 e. The Morgan fingerprint density at radius 3 is 2.12 bits per heavy atom. The summed E-state index contributed by atoms with van der Waals surface area (Å²) in [5.74, 6) is -0.927. The highest BCUT2D eigenvalue weighted by Crippen LogP contribution is 2.29. The predicted molar refractivity (Wildman–Crippen MR) is 63.3 cm³/mol. The molecule has 1 aliphatic rings. The summed E-state index contributed by atoms with van der Waals surface area (Å²) >= 11 is 0. The van der Waals surface area contributed by atoms with Crippen molar-refractivity contribution in [3.05, 3.63) is 0 Å². The average Bonchev–Trinajstić information content (AvgIpc) is 2.86. The number of hydrogen-bond donors (Lipinski definition) is 0. The van der Waals surface area contributed by atoms with Gasteiger partial charge in [-0.25, -0.2) is 0 Å². The van der Waals surface area contributed by atoms with Gasteiger partial charge in [0, 0.05) is 0 Å². The summed E-state index contributed by atoms with van der Waals surface area (Å²) in [4.78, 5) is 22.8. The Balaban J connectivity index is 2.32. The van der Waals surface area contributed by atoms with E-state index in [0.29, 0.717) is 6.42 Å². The first-order valence-electron chi connectivity index (χ1n) is 6.34. The van der Waals surface area contributed by atoms with E-state index in [1.165, 1.54) is 39.9 Å². The summed E-state index contributed by atoms with van der Waals surface area (Å²) in [6, 6.07) is 0. The van der Waals surface area contributed by atoms with Gasteiger partial charge in [0.1, 0.15) is 0 Å². The minimum atomic E-state index is -0.744. The van der Waals surface area contributed by atoms with Crippen molar-refractivity contribution < 1.29 is 19.1 Å². The minimum absolute atomic E-state index is 0.483. The van der Waals surface area contributed by atoms with Crippen LogP contribution in [0.5, 0.6) is 0 Å².